The Kier molecular flexibility index (Phi) is 3.85. The van der Waals surface area contributed by atoms with Gasteiger partial charge in [-0.1, -0.05) is 40.2 Å². The number of nitrogens with one attached hydrogen (secondary N) is 1. The van der Waals surface area contributed by atoms with E-state index in [0.29, 0.717) is 0 Å². The maximum Gasteiger partial charge on any atom is 0.0400 e. The van der Waals surface area contributed by atoms with E-state index < -0.39 is 0 Å². The minimum atomic E-state index is 0.859. The van der Waals surface area contributed by atoms with Crippen LogP contribution in [0.15, 0.2) is 46.9 Å². The summed E-state index contributed by atoms with van der Waals surface area (Å²) in [7, 11) is 0. The van der Waals surface area contributed by atoms with Crippen molar-refractivity contribution in [3.05, 3.63) is 63.6 Å². The van der Waals surface area contributed by atoms with Gasteiger partial charge in [0.25, 0.3) is 0 Å². The number of hydrogen-bond donors (Lipinski definition) is 1. The quantitative estimate of drug-likeness (QED) is 0.865. The summed E-state index contributed by atoms with van der Waals surface area (Å²) >= 11 is 3.44. The summed E-state index contributed by atoms with van der Waals surface area (Å²) in [5.41, 5.74) is 5.07. The number of hydrogen-bond acceptors (Lipinski definition) is 1. The minimum absolute atomic E-state index is 0.859. The van der Waals surface area contributed by atoms with Crippen LogP contribution in [0.3, 0.4) is 0 Å². The van der Waals surface area contributed by atoms with Crippen LogP contribution in [0, 0.1) is 13.8 Å². The molecule has 2 heteroatoms. The highest BCUT2D eigenvalue weighted by molar-refractivity contribution is 9.10. The molecule has 0 radical (unpaired) electrons. The van der Waals surface area contributed by atoms with E-state index in [1.807, 2.05) is 0 Å². The molecule has 88 valence electrons. The molecule has 0 spiro atoms. The lowest BCUT2D eigenvalue weighted by Crippen LogP contribution is -2.01. The zero-order chi connectivity index (χ0) is 12.3. The molecule has 0 saturated carbocycles. The van der Waals surface area contributed by atoms with E-state index in [0.717, 1.165) is 11.0 Å². The number of aryl methyl sites for hydroxylation is 2. The predicted molar refractivity (Wildman–Crippen MR) is 77.4 cm³/mol. The van der Waals surface area contributed by atoms with Gasteiger partial charge in [-0.2, -0.15) is 0 Å². The Morgan fingerprint density at radius 2 is 1.71 bits per heavy atom. The van der Waals surface area contributed by atoms with E-state index in [-0.39, 0.29) is 0 Å². The molecule has 0 aliphatic heterocycles. The summed E-state index contributed by atoms with van der Waals surface area (Å²) in [5, 5.41) is 3.47. The Bertz CT molecular complexity index is 503. The first kappa shape index (κ1) is 12.2. The largest absolute Gasteiger partial charge is 0.381 e. The molecule has 0 amide bonds. The fraction of sp³-hybridized carbons (Fsp3) is 0.200. The zero-order valence-electron chi connectivity index (χ0n) is 10.1. The first-order valence-corrected chi connectivity index (χ1v) is 6.50. The van der Waals surface area contributed by atoms with Crippen LogP contribution in [0.2, 0.25) is 0 Å². The molecule has 17 heavy (non-hydrogen) atoms. The molecule has 0 aliphatic carbocycles. The smallest absolute Gasteiger partial charge is 0.0400 e. The number of rotatable bonds is 3. The molecule has 0 fully saturated rings. The molecule has 1 N–H and O–H groups in total. The van der Waals surface area contributed by atoms with Gasteiger partial charge in [-0.15, -0.1) is 0 Å². The van der Waals surface area contributed by atoms with Crippen molar-refractivity contribution < 1.29 is 0 Å². The molecule has 2 rings (SSSR count). The summed E-state index contributed by atoms with van der Waals surface area (Å²) < 4.78 is 1.12. The van der Waals surface area contributed by atoms with Crippen molar-refractivity contribution in [2.24, 2.45) is 0 Å². The van der Waals surface area contributed by atoms with Crippen LogP contribution in [-0.4, -0.2) is 0 Å². The Hall–Kier alpha value is -1.28. The Morgan fingerprint density at radius 3 is 2.41 bits per heavy atom. The van der Waals surface area contributed by atoms with Crippen LogP contribution in [0.1, 0.15) is 16.7 Å². The third-order valence-electron chi connectivity index (χ3n) is 2.79. The summed E-state index contributed by atoms with van der Waals surface area (Å²) in [6, 6.07) is 14.9. The molecule has 2 aromatic rings. The highest BCUT2D eigenvalue weighted by atomic mass is 79.9. The van der Waals surface area contributed by atoms with Gasteiger partial charge in [0.05, 0.1) is 0 Å². The van der Waals surface area contributed by atoms with Crippen molar-refractivity contribution >= 4 is 21.6 Å². The zero-order valence-corrected chi connectivity index (χ0v) is 11.7. The molecule has 0 atom stereocenters. The lowest BCUT2D eigenvalue weighted by atomic mass is 10.1. The van der Waals surface area contributed by atoms with Crippen LogP contribution >= 0.6 is 15.9 Å². The van der Waals surface area contributed by atoms with E-state index in [2.05, 4.69) is 77.6 Å². The lowest BCUT2D eigenvalue weighted by Gasteiger charge is -2.10. The maximum absolute atomic E-state index is 3.47. The van der Waals surface area contributed by atoms with Crippen molar-refractivity contribution in [3.63, 3.8) is 0 Å². The molecule has 0 saturated heterocycles. The van der Waals surface area contributed by atoms with Crippen LogP contribution < -0.4 is 5.32 Å². The number of halogens is 1. The van der Waals surface area contributed by atoms with Crippen LogP contribution in [0.5, 0.6) is 0 Å². The van der Waals surface area contributed by atoms with Gasteiger partial charge in [-0.3, -0.25) is 0 Å². The second-order valence-electron chi connectivity index (χ2n) is 4.30. The maximum atomic E-state index is 3.47. The average Bonchev–Trinajstić information content (AvgIpc) is 2.32. The Labute approximate surface area is 111 Å². The number of benzene rings is 2. The number of anilines is 1. The third kappa shape index (κ3) is 3.34. The van der Waals surface area contributed by atoms with Gasteiger partial charge in [0, 0.05) is 16.7 Å². The summed E-state index contributed by atoms with van der Waals surface area (Å²) in [6.07, 6.45) is 0. The summed E-state index contributed by atoms with van der Waals surface area (Å²) in [5.74, 6) is 0. The fourth-order valence-corrected chi connectivity index (χ4v) is 1.99. The van der Waals surface area contributed by atoms with E-state index in [1.54, 1.807) is 0 Å². The second kappa shape index (κ2) is 5.37. The van der Waals surface area contributed by atoms with Gasteiger partial charge in [-0.05, 0) is 48.7 Å². The van der Waals surface area contributed by atoms with Crippen LogP contribution in [0.25, 0.3) is 0 Å². The first-order chi connectivity index (χ1) is 8.15. The molecular weight excluding hydrogens is 274 g/mol. The Balaban J connectivity index is 2.07. The van der Waals surface area contributed by atoms with Crippen molar-refractivity contribution in [1.82, 2.24) is 0 Å². The van der Waals surface area contributed by atoms with Gasteiger partial charge in [0.2, 0.25) is 0 Å². The topological polar surface area (TPSA) is 12.0 Å². The minimum Gasteiger partial charge on any atom is -0.381 e. The third-order valence-corrected chi connectivity index (χ3v) is 3.32. The van der Waals surface area contributed by atoms with Crippen molar-refractivity contribution in [2.75, 3.05) is 5.32 Å². The van der Waals surface area contributed by atoms with E-state index in [1.165, 1.54) is 22.4 Å². The highest BCUT2D eigenvalue weighted by Gasteiger charge is 1.98. The van der Waals surface area contributed by atoms with Gasteiger partial charge in [0.1, 0.15) is 0 Å². The van der Waals surface area contributed by atoms with Gasteiger partial charge in [-0.25, -0.2) is 0 Å². The molecule has 1 nitrogen and oxygen atoms in total. The van der Waals surface area contributed by atoms with E-state index in [4.69, 9.17) is 0 Å². The SMILES string of the molecule is Cc1ccc(C)c(NCc2ccc(Br)cc2)c1. The monoisotopic (exact) mass is 289 g/mol. The normalized spacial score (nSPS) is 10.3. The molecule has 0 unspecified atom stereocenters. The molecule has 0 bridgehead atoms. The first-order valence-electron chi connectivity index (χ1n) is 5.71. The molecule has 0 aliphatic rings. The van der Waals surface area contributed by atoms with Crippen molar-refractivity contribution in [1.29, 1.82) is 0 Å². The summed E-state index contributed by atoms with van der Waals surface area (Å²) in [6.45, 7) is 5.10. The highest BCUT2D eigenvalue weighted by Crippen LogP contribution is 2.18. The van der Waals surface area contributed by atoms with E-state index >= 15 is 0 Å². The van der Waals surface area contributed by atoms with Crippen molar-refractivity contribution in [3.8, 4) is 0 Å². The standard InChI is InChI=1S/C15H16BrN/c1-11-3-4-12(2)15(9-11)17-10-13-5-7-14(16)8-6-13/h3-9,17H,10H2,1-2H3. The van der Waals surface area contributed by atoms with Crippen LogP contribution in [0.4, 0.5) is 5.69 Å². The molecular formula is C15H16BrN. The van der Waals surface area contributed by atoms with Crippen molar-refractivity contribution in [2.45, 2.75) is 20.4 Å². The molecule has 2 aromatic carbocycles. The van der Waals surface area contributed by atoms with Gasteiger partial charge in [0.15, 0.2) is 0 Å². The van der Waals surface area contributed by atoms with Crippen LogP contribution in [-0.2, 0) is 6.54 Å². The van der Waals surface area contributed by atoms with Gasteiger partial charge < -0.3 is 5.32 Å². The predicted octanol–water partition coefficient (Wildman–Crippen LogP) is 4.68. The Morgan fingerprint density at radius 1 is 1.00 bits per heavy atom. The fourth-order valence-electron chi connectivity index (χ4n) is 1.73. The average molecular weight is 290 g/mol. The molecule has 0 aromatic heterocycles. The second-order valence-corrected chi connectivity index (χ2v) is 5.21. The molecule has 0 heterocycles. The lowest BCUT2D eigenvalue weighted by molar-refractivity contribution is 1.14. The summed E-state index contributed by atoms with van der Waals surface area (Å²) in [4.78, 5) is 0. The van der Waals surface area contributed by atoms with E-state index in [9.17, 15) is 0 Å². The van der Waals surface area contributed by atoms with Gasteiger partial charge >= 0.3 is 0 Å².